The summed E-state index contributed by atoms with van der Waals surface area (Å²) in [5, 5.41) is 3.43. The zero-order valence-corrected chi connectivity index (χ0v) is 12.5. The van der Waals surface area contributed by atoms with Crippen LogP contribution in [0.1, 0.15) is 19.3 Å². The Morgan fingerprint density at radius 3 is 2.58 bits per heavy atom. The summed E-state index contributed by atoms with van der Waals surface area (Å²) in [4.78, 5) is 13.8. The van der Waals surface area contributed by atoms with Gasteiger partial charge in [0.15, 0.2) is 0 Å². The second-order valence-electron chi connectivity index (χ2n) is 5.35. The van der Waals surface area contributed by atoms with Crippen molar-refractivity contribution in [1.82, 2.24) is 10.2 Å². The molecule has 1 spiro atoms. The lowest BCUT2D eigenvalue weighted by molar-refractivity contribution is -0.138. The number of nitrogens with zero attached hydrogens (tertiary/aromatic N) is 1. The lowest BCUT2D eigenvalue weighted by Crippen LogP contribution is -2.45. The number of methoxy groups -OCH3 is 1. The molecule has 0 saturated carbocycles. The largest absolute Gasteiger partial charge is 0.382 e. The summed E-state index contributed by atoms with van der Waals surface area (Å²) in [5.41, 5.74) is 0.466. The van der Waals surface area contributed by atoms with Gasteiger partial charge in [-0.3, -0.25) is 4.79 Å². The van der Waals surface area contributed by atoms with E-state index in [1.165, 1.54) is 6.42 Å². The molecule has 5 nitrogen and oxygen atoms in total. The topological polar surface area (TPSA) is 50.8 Å². The first-order valence-electron chi connectivity index (χ1n) is 6.81. The number of hydrogen-bond donors (Lipinski definition) is 1. The van der Waals surface area contributed by atoms with E-state index in [-0.39, 0.29) is 24.9 Å². The molecule has 0 atom stereocenters. The summed E-state index contributed by atoms with van der Waals surface area (Å²) in [6, 6.07) is 0. The first-order valence-corrected chi connectivity index (χ1v) is 6.81. The van der Waals surface area contributed by atoms with Crippen molar-refractivity contribution in [2.45, 2.75) is 19.3 Å². The van der Waals surface area contributed by atoms with Crippen molar-refractivity contribution in [3.8, 4) is 0 Å². The lowest BCUT2D eigenvalue weighted by Gasteiger charge is -2.38. The third kappa shape index (κ3) is 4.60. The number of carbonyl (C=O) groups excluding carboxylic acids is 1. The molecule has 2 rings (SSSR count). The summed E-state index contributed by atoms with van der Waals surface area (Å²) in [7, 11) is 1.63. The van der Waals surface area contributed by atoms with E-state index in [1.54, 1.807) is 7.11 Å². The molecule has 2 aliphatic rings. The van der Waals surface area contributed by atoms with Gasteiger partial charge in [0.25, 0.3) is 0 Å². The smallest absolute Gasteiger partial charge is 0.248 e. The SMILES string of the molecule is COCCOCC(=O)N1CCC2(CCNC2)CC1.Cl. The van der Waals surface area contributed by atoms with E-state index >= 15 is 0 Å². The molecule has 0 bridgehead atoms. The highest BCUT2D eigenvalue weighted by Crippen LogP contribution is 2.36. The van der Waals surface area contributed by atoms with Gasteiger partial charge in [-0.05, 0) is 31.2 Å². The molecule has 0 unspecified atom stereocenters. The number of amides is 1. The Labute approximate surface area is 121 Å². The molecule has 0 aromatic heterocycles. The lowest BCUT2D eigenvalue weighted by atomic mass is 9.78. The summed E-state index contributed by atoms with van der Waals surface area (Å²) in [6.07, 6.45) is 3.52. The molecule has 6 heteroatoms. The van der Waals surface area contributed by atoms with Gasteiger partial charge in [0.1, 0.15) is 6.61 Å². The molecule has 2 heterocycles. The van der Waals surface area contributed by atoms with Crippen LogP contribution >= 0.6 is 12.4 Å². The van der Waals surface area contributed by atoms with Gasteiger partial charge >= 0.3 is 0 Å². The predicted octanol–water partition coefficient (Wildman–Crippen LogP) is 0.673. The average Bonchev–Trinajstić information content (AvgIpc) is 2.84. The number of rotatable bonds is 5. The van der Waals surface area contributed by atoms with E-state index in [0.29, 0.717) is 18.6 Å². The van der Waals surface area contributed by atoms with Crippen LogP contribution in [0.15, 0.2) is 0 Å². The third-order valence-corrected chi connectivity index (χ3v) is 4.17. The van der Waals surface area contributed by atoms with Crippen LogP contribution in [0.2, 0.25) is 0 Å². The van der Waals surface area contributed by atoms with Crippen LogP contribution in [0.4, 0.5) is 0 Å². The zero-order valence-electron chi connectivity index (χ0n) is 11.7. The minimum absolute atomic E-state index is 0. The maximum atomic E-state index is 11.9. The Kier molecular flexibility index (Phi) is 7.07. The molecule has 19 heavy (non-hydrogen) atoms. The van der Waals surface area contributed by atoms with Crippen LogP contribution in [-0.2, 0) is 14.3 Å². The van der Waals surface area contributed by atoms with Crippen LogP contribution in [0.5, 0.6) is 0 Å². The zero-order chi connectivity index (χ0) is 12.8. The fourth-order valence-corrected chi connectivity index (χ4v) is 2.85. The first kappa shape index (κ1) is 16.7. The van der Waals surface area contributed by atoms with Crippen LogP contribution in [0.25, 0.3) is 0 Å². The monoisotopic (exact) mass is 292 g/mol. The van der Waals surface area contributed by atoms with Crippen molar-refractivity contribution in [3.63, 3.8) is 0 Å². The Morgan fingerprint density at radius 2 is 2.00 bits per heavy atom. The van der Waals surface area contributed by atoms with E-state index in [2.05, 4.69) is 5.32 Å². The minimum atomic E-state index is 0. The van der Waals surface area contributed by atoms with E-state index in [9.17, 15) is 4.79 Å². The molecule has 0 radical (unpaired) electrons. The van der Waals surface area contributed by atoms with E-state index in [1.807, 2.05) is 4.90 Å². The van der Waals surface area contributed by atoms with Crippen molar-refractivity contribution in [1.29, 1.82) is 0 Å². The molecule has 0 aliphatic carbocycles. The molecule has 0 aromatic rings. The Balaban J connectivity index is 0.00000180. The van der Waals surface area contributed by atoms with Crippen LogP contribution in [-0.4, -0.2) is 63.9 Å². The maximum absolute atomic E-state index is 11.9. The van der Waals surface area contributed by atoms with E-state index in [0.717, 1.165) is 39.0 Å². The van der Waals surface area contributed by atoms with Gasteiger partial charge in [-0.2, -0.15) is 0 Å². The van der Waals surface area contributed by atoms with Gasteiger partial charge in [-0.25, -0.2) is 0 Å². The summed E-state index contributed by atoms with van der Waals surface area (Å²) in [5.74, 6) is 0.118. The van der Waals surface area contributed by atoms with Crippen molar-refractivity contribution in [2.75, 3.05) is 53.1 Å². The summed E-state index contributed by atoms with van der Waals surface area (Å²) >= 11 is 0. The number of piperidine rings is 1. The maximum Gasteiger partial charge on any atom is 0.248 e. The number of halogens is 1. The molecule has 2 fully saturated rings. The van der Waals surface area contributed by atoms with Gasteiger partial charge in [0.2, 0.25) is 5.91 Å². The molecular formula is C13H25ClN2O3. The van der Waals surface area contributed by atoms with Gasteiger partial charge < -0.3 is 19.7 Å². The Hall–Kier alpha value is -0.360. The molecule has 112 valence electrons. The Morgan fingerprint density at radius 1 is 1.26 bits per heavy atom. The second kappa shape index (κ2) is 8.04. The summed E-state index contributed by atoms with van der Waals surface area (Å²) in [6.45, 7) is 5.25. The number of nitrogens with one attached hydrogen (secondary N) is 1. The van der Waals surface area contributed by atoms with Gasteiger partial charge in [-0.1, -0.05) is 0 Å². The predicted molar refractivity (Wildman–Crippen MR) is 75.7 cm³/mol. The fraction of sp³-hybridized carbons (Fsp3) is 0.923. The highest BCUT2D eigenvalue weighted by Gasteiger charge is 2.37. The van der Waals surface area contributed by atoms with Crippen molar-refractivity contribution in [3.05, 3.63) is 0 Å². The Bertz CT molecular complexity index is 273. The van der Waals surface area contributed by atoms with Gasteiger partial charge in [-0.15, -0.1) is 12.4 Å². The third-order valence-electron chi connectivity index (χ3n) is 4.17. The van der Waals surface area contributed by atoms with Gasteiger partial charge in [0, 0.05) is 26.7 Å². The highest BCUT2D eigenvalue weighted by molar-refractivity contribution is 5.85. The van der Waals surface area contributed by atoms with Crippen LogP contribution in [0.3, 0.4) is 0 Å². The van der Waals surface area contributed by atoms with E-state index < -0.39 is 0 Å². The standard InChI is InChI=1S/C13H24N2O3.ClH/c1-17-8-9-18-10-12(16)15-6-3-13(4-7-15)2-5-14-11-13;/h14H,2-11H2,1H3;1H. The van der Waals surface area contributed by atoms with Crippen LogP contribution < -0.4 is 5.32 Å². The number of likely N-dealkylation sites (tertiary alicyclic amines) is 1. The number of hydrogen-bond acceptors (Lipinski definition) is 4. The normalized spacial score (nSPS) is 21.4. The van der Waals surface area contributed by atoms with Crippen molar-refractivity contribution in [2.24, 2.45) is 5.41 Å². The molecule has 0 aromatic carbocycles. The number of carbonyl (C=O) groups is 1. The second-order valence-corrected chi connectivity index (χ2v) is 5.35. The fourth-order valence-electron chi connectivity index (χ4n) is 2.85. The molecular weight excluding hydrogens is 268 g/mol. The van der Waals surface area contributed by atoms with E-state index in [4.69, 9.17) is 9.47 Å². The molecule has 1 amide bonds. The first-order chi connectivity index (χ1) is 8.76. The minimum Gasteiger partial charge on any atom is -0.382 e. The molecule has 1 N–H and O–H groups in total. The van der Waals surface area contributed by atoms with Crippen LogP contribution in [0, 0.1) is 5.41 Å². The van der Waals surface area contributed by atoms with Crippen molar-refractivity contribution >= 4 is 18.3 Å². The molecule has 2 aliphatic heterocycles. The quantitative estimate of drug-likeness (QED) is 0.757. The average molecular weight is 293 g/mol. The van der Waals surface area contributed by atoms with Crippen molar-refractivity contribution < 1.29 is 14.3 Å². The van der Waals surface area contributed by atoms with Gasteiger partial charge in [0.05, 0.1) is 13.2 Å². The highest BCUT2D eigenvalue weighted by atomic mass is 35.5. The molecule has 2 saturated heterocycles. The number of ether oxygens (including phenoxy) is 2. The summed E-state index contributed by atoms with van der Waals surface area (Å²) < 4.78 is 10.2.